The summed E-state index contributed by atoms with van der Waals surface area (Å²) in [6.07, 6.45) is 7.70. The van der Waals surface area contributed by atoms with E-state index in [1.54, 1.807) is 24.5 Å². The van der Waals surface area contributed by atoms with Crippen LogP contribution in [-0.2, 0) is 9.53 Å². The van der Waals surface area contributed by atoms with Crippen molar-refractivity contribution in [3.63, 3.8) is 0 Å². The van der Waals surface area contributed by atoms with Crippen LogP contribution in [0.3, 0.4) is 0 Å². The van der Waals surface area contributed by atoms with Gasteiger partial charge in [-0.1, -0.05) is 26.7 Å². The van der Waals surface area contributed by atoms with Crippen LogP contribution in [0.15, 0.2) is 24.5 Å². The summed E-state index contributed by atoms with van der Waals surface area (Å²) in [5, 5.41) is 0. The van der Waals surface area contributed by atoms with E-state index < -0.39 is 0 Å². The number of carbonyl (C=O) groups excluding carboxylic acids is 2. The van der Waals surface area contributed by atoms with Crippen LogP contribution in [0, 0.1) is 11.8 Å². The lowest BCUT2D eigenvalue weighted by atomic mass is 9.84. The summed E-state index contributed by atoms with van der Waals surface area (Å²) in [5.74, 6) is -0.192. The zero-order valence-electron chi connectivity index (χ0n) is 14.2. The number of aromatic nitrogens is 1. The highest BCUT2D eigenvalue weighted by atomic mass is 16.5. The number of amides is 1. The fraction of sp³-hybridized carbons (Fsp3) is 0.611. The van der Waals surface area contributed by atoms with Gasteiger partial charge in [0.15, 0.2) is 0 Å². The molecule has 1 amide bonds. The monoisotopic (exact) mass is 318 g/mol. The molecule has 5 nitrogen and oxygen atoms in total. The van der Waals surface area contributed by atoms with Crippen molar-refractivity contribution in [1.29, 1.82) is 0 Å². The van der Waals surface area contributed by atoms with Crippen LogP contribution in [0.2, 0.25) is 0 Å². The van der Waals surface area contributed by atoms with Gasteiger partial charge < -0.3 is 9.64 Å². The average Bonchev–Trinajstić information content (AvgIpc) is 2.59. The molecule has 0 aliphatic heterocycles. The molecule has 1 aromatic heterocycles. The molecule has 23 heavy (non-hydrogen) atoms. The molecule has 0 N–H and O–H groups in total. The predicted molar refractivity (Wildman–Crippen MR) is 87.9 cm³/mol. The topological polar surface area (TPSA) is 59.5 Å². The van der Waals surface area contributed by atoms with Crippen LogP contribution < -0.4 is 0 Å². The van der Waals surface area contributed by atoms with E-state index in [1.807, 2.05) is 11.8 Å². The summed E-state index contributed by atoms with van der Waals surface area (Å²) >= 11 is 0. The maximum absolute atomic E-state index is 13.0. The first-order valence-electron chi connectivity index (χ1n) is 8.33. The number of nitrogens with zero attached hydrogens (tertiary/aromatic N) is 2. The maximum atomic E-state index is 13.0. The highest BCUT2D eigenvalue weighted by Gasteiger charge is 2.33. The summed E-state index contributed by atoms with van der Waals surface area (Å²) in [6, 6.07) is 3.63. The number of methoxy groups -OCH3 is 1. The summed E-state index contributed by atoms with van der Waals surface area (Å²) < 4.78 is 4.83. The van der Waals surface area contributed by atoms with E-state index in [-0.39, 0.29) is 23.8 Å². The second kappa shape index (κ2) is 8.09. The molecule has 3 unspecified atom stereocenters. The molecule has 0 radical (unpaired) electrons. The van der Waals surface area contributed by atoms with E-state index in [2.05, 4.69) is 11.9 Å². The lowest BCUT2D eigenvalue weighted by Crippen LogP contribution is -2.48. The lowest BCUT2D eigenvalue weighted by molar-refractivity contribution is -0.145. The molecule has 1 aromatic rings. The van der Waals surface area contributed by atoms with E-state index in [0.29, 0.717) is 18.0 Å². The van der Waals surface area contributed by atoms with Gasteiger partial charge in [0, 0.05) is 30.5 Å². The van der Waals surface area contributed by atoms with Gasteiger partial charge in [-0.2, -0.15) is 0 Å². The van der Waals surface area contributed by atoms with E-state index in [0.717, 1.165) is 19.3 Å². The van der Waals surface area contributed by atoms with Crippen molar-refractivity contribution < 1.29 is 14.3 Å². The van der Waals surface area contributed by atoms with Crippen molar-refractivity contribution in [2.45, 2.75) is 45.6 Å². The number of carbonyl (C=O) groups is 2. The van der Waals surface area contributed by atoms with E-state index in [4.69, 9.17) is 4.74 Å². The number of pyridine rings is 1. The van der Waals surface area contributed by atoms with Crippen LogP contribution in [0.25, 0.3) is 0 Å². The molecule has 1 heterocycles. The smallest absolute Gasteiger partial charge is 0.310 e. The molecule has 1 fully saturated rings. The molecular formula is C18H26N2O3. The van der Waals surface area contributed by atoms with Gasteiger partial charge in [0.2, 0.25) is 0 Å². The van der Waals surface area contributed by atoms with Crippen LogP contribution >= 0.6 is 0 Å². The third kappa shape index (κ3) is 4.30. The first kappa shape index (κ1) is 17.4. The molecule has 5 heteroatoms. The largest absolute Gasteiger partial charge is 0.469 e. The Kier molecular flexibility index (Phi) is 6.13. The Labute approximate surface area is 138 Å². The quantitative estimate of drug-likeness (QED) is 0.783. The van der Waals surface area contributed by atoms with Gasteiger partial charge in [-0.05, 0) is 30.9 Å². The molecule has 1 aliphatic carbocycles. The lowest BCUT2D eigenvalue weighted by Gasteiger charge is -2.39. The van der Waals surface area contributed by atoms with Gasteiger partial charge in [0.25, 0.3) is 5.91 Å². The molecule has 126 valence electrons. The van der Waals surface area contributed by atoms with Crippen LogP contribution in [0.4, 0.5) is 0 Å². The Balaban J connectivity index is 2.23. The maximum Gasteiger partial charge on any atom is 0.310 e. The second-order valence-electron chi connectivity index (χ2n) is 6.45. The first-order valence-corrected chi connectivity index (χ1v) is 8.33. The van der Waals surface area contributed by atoms with Gasteiger partial charge in [-0.3, -0.25) is 14.6 Å². The zero-order valence-corrected chi connectivity index (χ0v) is 14.2. The Morgan fingerprint density at radius 1 is 1.30 bits per heavy atom. The zero-order chi connectivity index (χ0) is 16.8. The van der Waals surface area contributed by atoms with Gasteiger partial charge in [0.05, 0.1) is 13.0 Å². The minimum absolute atomic E-state index is 0.0260. The standard InChI is InChI=1S/C18H26N2O3/c1-13-6-4-5-7-16(13)20(12-14(2)18(22)23-3)17(21)15-8-10-19-11-9-15/h8-11,13-14,16H,4-7,12H2,1-3H3. The van der Waals surface area contributed by atoms with Crippen molar-refractivity contribution in [3.05, 3.63) is 30.1 Å². The third-order valence-electron chi connectivity index (χ3n) is 4.73. The second-order valence-corrected chi connectivity index (χ2v) is 6.45. The predicted octanol–water partition coefficient (Wildman–Crippen LogP) is 2.91. The van der Waals surface area contributed by atoms with Crippen molar-refractivity contribution >= 4 is 11.9 Å². The van der Waals surface area contributed by atoms with Crippen LogP contribution in [0.5, 0.6) is 0 Å². The van der Waals surface area contributed by atoms with Crippen molar-refractivity contribution in [1.82, 2.24) is 9.88 Å². The van der Waals surface area contributed by atoms with E-state index in [1.165, 1.54) is 13.5 Å². The molecule has 0 bridgehead atoms. The fourth-order valence-electron chi connectivity index (χ4n) is 3.36. The van der Waals surface area contributed by atoms with E-state index in [9.17, 15) is 9.59 Å². The highest BCUT2D eigenvalue weighted by Crippen LogP contribution is 2.29. The SMILES string of the molecule is COC(=O)C(C)CN(C(=O)c1ccncc1)C1CCCCC1C. The van der Waals surface area contributed by atoms with Crippen molar-refractivity contribution in [3.8, 4) is 0 Å². The molecule has 0 spiro atoms. The average molecular weight is 318 g/mol. The Morgan fingerprint density at radius 3 is 2.57 bits per heavy atom. The summed E-state index contributed by atoms with van der Waals surface area (Å²) in [5.41, 5.74) is 0.620. The molecule has 0 aromatic carbocycles. The Bertz CT molecular complexity index is 532. The molecule has 2 rings (SSSR count). The Hall–Kier alpha value is -1.91. The van der Waals surface area contributed by atoms with Crippen LogP contribution in [-0.4, -0.2) is 41.5 Å². The molecule has 0 saturated heterocycles. The highest BCUT2D eigenvalue weighted by molar-refractivity contribution is 5.94. The summed E-state index contributed by atoms with van der Waals surface area (Å²) in [7, 11) is 1.39. The van der Waals surface area contributed by atoms with E-state index >= 15 is 0 Å². The molecule has 1 saturated carbocycles. The summed E-state index contributed by atoms with van der Waals surface area (Å²) in [6.45, 7) is 4.40. The van der Waals surface area contributed by atoms with Crippen molar-refractivity contribution in [2.24, 2.45) is 11.8 Å². The van der Waals surface area contributed by atoms with Gasteiger partial charge >= 0.3 is 5.97 Å². The minimum atomic E-state index is -0.333. The van der Waals surface area contributed by atoms with Gasteiger partial charge in [0.1, 0.15) is 0 Å². The molecular weight excluding hydrogens is 292 g/mol. The van der Waals surface area contributed by atoms with Crippen LogP contribution in [0.1, 0.15) is 49.9 Å². The van der Waals surface area contributed by atoms with Gasteiger partial charge in [-0.25, -0.2) is 0 Å². The Morgan fingerprint density at radius 2 is 1.96 bits per heavy atom. The minimum Gasteiger partial charge on any atom is -0.469 e. The fourth-order valence-corrected chi connectivity index (χ4v) is 3.36. The number of rotatable bonds is 5. The normalized spacial score (nSPS) is 22.2. The third-order valence-corrected chi connectivity index (χ3v) is 4.73. The number of esters is 1. The number of hydrogen-bond donors (Lipinski definition) is 0. The van der Waals surface area contributed by atoms with Crippen molar-refractivity contribution in [2.75, 3.05) is 13.7 Å². The molecule has 3 atom stereocenters. The number of hydrogen-bond acceptors (Lipinski definition) is 4. The number of ether oxygens (including phenoxy) is 1. The van der Waals surface area contributed by atoms with Gasteiger partial charge in [-0.15, -0.1) is 0 Å². The first-order chi connectivity index (χ1) is 11.0. The molecule has 1 aliphatic rings. The summed E-state index contributed by atoms with van der Waals surface area (Å²) in [4.78, 5) is 30.6.